The Hall–Kier alpha value is -1.84. The lowest BCUT2D eigenvalue weighted by molar-refractivity contribution is -0.174. The van der Waals surface area contributed by atoms with Crippen LogP contribution >= 0.6 is 0 Å². The van der Waals surface area contributed by atoms with Crippen molar-refractivity contribution in [1.82, 2.24) is 0 Å². The molecule has 4 aliphatic carbocycles. The summed E-state index contributed by atoms with van der Waals surface area (Å²) in [5.74, 6) is 0.221. The van der Waals surface area contributed by atoms with Crippen LogP contribution in [0.1, 0.15) is 93.6 Å². The predicted octanol–water partition coefficient (Wildman–Crippen LogP) is 5.26. The van der Waals surface area contributed by atoms with Crippen molar-refractivity contribution < 1.29 is 19.1 Å². The van der Waals surface area contributed by atoms with Crippen molar-refractivity contribution in [1.29, 1.82) is 0 Å². The van der Waals surface area contributed by atoms with Gasteiger partial charge in [-0.3, -0.25) is 9.59 Å². The van der Waals surface area contributed by atoms with Gasteiger partial charge in [-0.05, 0) is 43.2 Å². The smallest absolute Gasteiger partial charge is 0.309 e. The van der Waals surface area contributed by atoms with Crippen LogP contribution in [0.15, 0.2) is 24.3 Å². The first-order valence-electron chi connectivity index (χ1n) is 11.7. The molecule has 1 aromatic rings. The zero-order valence-electron chi connectivity index (χ0n) is 17.2. The lowest BCUT2D eigenvalue weighted by atomic mass is 9.86. The van der Waals surface area contributed by atoms with Gasteiger partial charge in [-0.25, -0.2) is 0 Å². The Bertz CT molecular complexity index is 697. The van der Waals surface area contributed by atoms with Crippen molar-refractivity contribution >= 4 is 11.9 Å². The minimum atomic E-state index is -0.322. The zero-order chi connectivity index (χ0) is 19.8. The molecule has 1 aromatic carbocycles. The minimum absolute atomic E-state index is 0.0211. The molecule has 4 heteroatoms. The van der Waals surface area contributed by atoms with E-state index in [1.165, 1.54) is 24.0 Å². The zero-order valence-corrected chi connectivity index (χ0v) is 17.2. The first-order chi connectivity index (χ1) is 14.2. The van der Waals surface area contributed by atoms with E-state index in [0.717, 1.165) is 57.8 Å². The Labute approximate surface area is 173 Å². The summed E-state index contributed by atoms with van der Waals surface area (Å²) >= 11 is 0. The Morgan fingerprint density at radius 1 is 0.655 bits per heavy atom. The van der Waals surface area contributed by atoms with Crippen molar-refractivity contribution in [2.45, 2.75) is 94.7 Å². The highest BCUT2D eigenvalue weighted by Gasteiger charge is 2.55. The second-order valence-electron chi connectivity index (χ2n) is 9.55. The molecule has 0 aromatic heterocycles. The number of fused-ring (bicyclic) bond motifs is 5. The Balaban J connectivity index is 1.35. The fraction of sp³-hybridized carbons (Fsp3) is 0.680. The van der Waals surface area contributed by atoms with Gasteiger partial charge in [-0.2, -0.15) is 0 Å². The van der Waals surface area contributed by atoms with Crippen molar-refractivity contribution in [3.63, 3.8) is 0 Å². The molecular formula is C25H32O4. The second kappa shape index (κ2) is 8.12. The standard InChI is InChI=1S/C25H32O4/c26-24(16-9-3-1-4-10-16)28-22-20-15-21(19-14-8-7-13-18(19)20)23(22)29-25(27)17-11-5-2-6-12-17/h7-8,13-14,16-17,20-23H,1-6,9-12,15H2. The average molecular weight is 397 g/mol. The minimum Gasteiger partial charge on any atom is -0.458 e. The first-order valence-corrected chi connectivity index (χ1v) is 11.7. The number of carbonyl (C=O) groups is 2. The highest BCUT2D eigenvalue weighted by Crippen LogP contribution is 2.55. The number of rotatable bonds is 4. The van der Waals surface area contributed by atoms with Gasteiger partial charge in [-0.1, -0.05) is 62.8 Å². The molecule has 156 valence electrons. The van der Waals surface area contributed by atoms with Gasteiger partial charge < -0.3 is 9.47 Å². The van der Waals surface area contributed by atoms with Gasteiger partial charge in [0.1, 0.15) is 12.2 Å². The summed E-state index contributed by atoms with van der Waals surface area (Å²) < 4.78 is 12.3. The van der Waals surface area contributed by atoms with E-state index in [9.17, 15) is 9.59 Å². The summed E-state index contributed by atoms with van der Waals surface area (Å²) in [7, 11) is 0. The van der Waals surface area contributed by atoms with Gasteiger partial charge in [0.15, 0.2) is 0 Å². The molecule has 29 heavy (non-hydrogen) atoms. The summed E-state index contributed by atoms with van der Waals surface area (Å²) in [6.45, 7) is 0. The van der Waals surface area contributed by atoms with E-state index < -0.39 is 0 Å². The van der Waals surface area contributed by atoms with Gasteiger partial charge in [-0.15, -0.1) is 0 Å². The van der Waals surface area contributed by atoms with Gasteiger partial charge in [0.05, 0.1) is 11.8 Å². The third kappa shape index (κ3) is 3.60. The van der Waals surface area contributed by atoms with Crippen LogP contribution in [0.3, 0.4) is 0 Å². The van der Waals surface area contributed by atoms with Crippen LogP contribution in [0.4, 0.5) is 0 Å². The lowest BCUT2D eigenvalue weighted by Gasteiger charge is -2.34. The molecule has 5 rings (SSSR count). The van der Waals surface area contributed by atoms with Crippen LogP contribution < -0.4 is 0 Å². The Morgan fingerprint density at radius 3 is 1.48 bits per heavy atom. The van der Waals surface area contributed by atoms with Crippen LogP contribution in [-0.4, -0.2) is 24.1 Å². The van der Waals surface area contributed by atoms with E-state index in [1.54, 1.807) is 0 Å². The van der Waals surface area contributed by atoms with E-state index in [4.69, 9.17) is 9.47 Å². The molecule has 2 bridgehead atoms. The maximum absolute atomic E-state index is 12.9. The second-order valence-corrected chi connectivity index (χ2v) is 9.55. The third-order valence-corrected chi connectivity index (χ3v) is 7.80. The molecule has 3 fully saturated rings. The summed E-state index contributed by atoms with van der Waals surface area (Å²) in [5, 5.41) is 0. The highest BCUT2D eigenvalue weighted by atomic mass is 16.6. The highest BCUT2D eigenvalue weighted by molar-refractivity contribution is 5.74. The van der Waals surface area contributed by atoms with Crippen LogP contribution in [0.25, 0.3) is 0 Å². The largest absolute Gasteiger partial charge is 0.458 e. The predicted molar refractivity (Wildman–Crippen MR) is 109 cm³/mol. The third-order valence-electron chi connectivity index (χ3n) is 7.80. The van der Waals surface area contributed by atoms with Crippen molar-refractivity contribution in [2.75, 3.05) is 0 Å². The van der Waals surface area contributed by atoms with E-state index >= 15 is 0 Å². The normalized spacial score (nSPS) is 32.0. The molecule has 0 saturated heterocycles. The lowest BCUT2D eigenvalue weighted by Crippen LogP contribution is -2.41. The van der Waals surface area contributed by atoms with Crippen LogP contribution in [0.2, 0.25) is 0 Å². The van der Waals surface area contributed by atoms with Crippen LogP contribution in [-0.2, 0) is 19.1 Å². The van der Waals surface area contributed by atoms with Crippen LogP contribution in [0, 0.1) is 11.8 Å². The average Bonchev–Trinajstić information content (AvgIpc) is 3.32. The number of ether oxygens (including phenoxy) is 2. The number of carbonyl (C=O) groups excluding carboxylic acids is 2. The summed E-state index contributed by atoms with van der Waals surface area (Å²) in [4.78, 5) is 25.8. The molecular weight excluding hydrogens is 364 g/mol. The van der Waals surface area contributed by atoms with Gasteiger partial charge in [0.25, 0.3) is 0 Å². The summed E-state index contributed by atoms with van der Waals surface area (Å²) in [6, 6.07) is 8.42. The molecule has 4 nitrogen and oxygen atoms in total. The van der Waals surface area contributed by atoms with E-state index in [-0.39, 0.29) is 47.8 Å². The molecule has 0 aliphatic heterocycles. The van der Waals surface area contributed by atoms with Crippen molar-refractivity contribution in [3.8, 4) is 0 Å². The maximum atomic E-state index is 12.9. The molecule has 0 heterocycles. The summed E-state index contributed by atoms with van der Waals surface area (Å²) in [6.07, 6.45) is 10.9. The Morgan fingerprint density at radius 2 is 1.07 bits per heavy atom. The fourth-order valence-corrected chi connectivity index (χ4v) is 6.23. The molecule has 4 aliphatic rings. The van der Waals surface area contributed by atoms with Crippen molar-refractivity contribution in [2.24, 2.45) is 11.8 Å². The molecule has 0 spiro atoms. The van der Waals surface area contributed by atoms with E-state index in [0.29, 0.717) is 0 Å². The topological polar surface area (TPSA) is 52.6 Å². The molecule has 0 radical (unpaired) electrons. The molecule has 0 amide bonds. The number of benzene rings is 1. The molecule has 4 unspecified atom stereocenters. The number of hydrogen-bond acceptors (Lipinski definition) is 4. The van der Waals surface area contributed by atoms with E-state index in [1.807, 2.05) is 0 Å². The SMILES string of the molecule is O=C(OC1C2CC(c3ccccc32)C1OC(=O)C1CCCCC1)C1CCCCC1. The van der Waals surface area contributed by atoms with Gasteiger partial charge >= 0.3 is 11.9 Å². The molecule has 3 saturated carbocycles. The van der Waals surface area contributed by atoms with Gasteiger partial charge in [0.2, 0.25) is 0 Å². The fourth-order valence-electron chi connectivity index (χ4n) is 6.23. The van der Waals surface area contributed by atoms with E-state index in [2.05, 4.69) is 24.3 Å². The quantitative estimate of drug-likeness (QED) is 0.652. The van der Waals surface area contributed by atoms with Crippen molar-refractivity contribution in [3.05, 3.63) is 35.4 Å². The number of esters is 2. The number of hydrogen-bond donors (Lipinski definition) is 0. The summed E-state index contributed by atoms with van der Waals surface area (Å²) in [5.41, 5.74) is 2.56. The first kappa shape index (κ1) is 19.1. The maximum Gasteiger partial charge on any atom is 0.309 e. The Kier molecular flexibility index (Phi) is 5.36. The molecule has 0 N–H and O–H groups in total. The monoisotopic (exact) mass is 396 g/mol. The molecule has 4 atom stereocenters. The van der Waals surface area contributed by atoms with Gasteiger partial charge in [0, 0.05) is 11.8 Å². The van der Waals surface area contributed by atoms with Crippen LogP contribution in [0.5, 0.6) is 0 Å².